The maximum atomic E-state index is 5.17. The summed E-state index contributed by atoms with van der Waals surface area (Å²) in [4.78, 5) is 0. The number of rotatable bonds is 7. The second kappa shape index (κ2) is 7.65. The second-order valence-electron chi connectivity index (χ2n) is 3.83. The SMILES string of the molecule is COCC(NC(C)CSC)C(C)C. The molecule has 0 radical (unpaired) electrons. The van der Waals surface area contributed by atoms with Crippen LogP contribution in [-0.4, -0.2) is 37.8 Å². The zero-order valence-electron chi connectivity index (χ0n) is 9.46. The van der Waals surface area contributed by atoms with E-state index in [0.717, 1.165) is 12.4 Å². The molecular formula is C10H23NOS. The van der Waals surface area contributed by atoms with Crippen LogP contribution in [0.15, 0.2) is 0 Å². The van der Waals surface area contributed by atoms with Crippen LogP contribution in [0.4, 0.5) is 0 Å². The average molecular weight is 205 g/mol. The Morgan fingerprint density at radius 3 is 2.31 bits per heavy atom. The maximum Gasteiger partial charge on any atom is 0.0618 e. The third-order valence-electron chi connectivity index (χ3n) is 2.07. The van der Waals surface area contributed by atoms with E-state index in [9.17, 15) is 0 Å². The van der Waals surface area contributed by atoms with Gasteiger partial charge in [0, 0.05) is 24.9 Å². The molecule has 13 heavy (non-hydrogen) atoms. The molecule has 1 N–H and O–H groups in total. The third-order valence-corrected chi connectivity index (χ3v) is 2.90. The number of thioether (sulfide) groups is 1. The summed E-state index contributed by atoms with van der Waals surface area (Å²) in [6, 6.07) is 1.05. The molecule has 0 rings (SSSR count). The first kappa shape index (κ1) is 13.3. The lowest BCUT2D eigenvalue weighted by atomic mass is 10.0. The zero-order chi connectivity index (χ0) is 10.3. The largest absolute Gasteiger partial charge is 0.383 e. The van der Waals surface area contributed by atoms with E-state index in [2.05, 4.69) is 32.3 Å². The predicted molar refractivity (Wildman–Crippen MR) is 61.5 cm³/mol. The molecule has 0 amide bonds. The Kier molecular flexibility index (Phi) is 7.81. The average Bonchev–Trinajstić information content (AvgIpc) is 2.04. The van der Waals surface area contributed by atoms with Gasteiger partial charge in [0.15, 0.2) is 0 Å². The lowest BCUT2D eigenvalue weighted by Crippen LogP contribution is -2.43. The van der Waals surface area contributed by atoms with E-state index >= 15 is 0 Å². The second-order valence-corrected chi connectivity index (χ2v) is 4.74. The number of ether oxygens (including phenoxy) is 1. The van der Waals surface area contributed by atoms with Crippen LogP contribution in [0, 0.1) is 5.92 Å². The highest BCUT2D eigenvalue weighted by Crippen LogP contribution is 2.05. The first-order valence-corrected chi connectivity index (χ1v) is 6.25. The Balaban J connectivity index is 3.79. The van der Waals surface area contributed by atoms with Crippen LogP contribution in [0.1, 0.15) is 20.8 Å². The van der Waals surface area contributed by atoms with Crippen molar-refractivity contribution >= 4 is 11.8 Å². The highest BCUT2D eigenvalue weighted by molar-refractivity contribution is 7.98. The van der Waals surface area contributed by atoms with Crippen LogP contribution in [0.3, 0.4) is 0 Å². The molecule has 80 valence electrons. The van der Waals surface area contributed by atoms with Gasteiger partial charge in [-0.15, -0.1) is 0 Å². The fraction of sp³-hybridized carbons (Fsp3) is 1.00. The molecule has 2 unspecified atom stereocenters. The van der Waals surface area contributed by atoms with Crippen molar-refractivity contribution in [1.82, 2.24) is 5.32 Å². The first-order valence-electron chi connectivity index (χ1n) is 4.85. The minimum atomic E-state index is 0.479. The third kappa shape index (κ3) is 6.36. The van der Waals surface area contributed by atoms with Gasteiger partial charge in [-0.3, -0.25) is 0 Å². The minimum Gasteiger partial charge on any atom is -0.383 e. The van der Waals surface area contributed by atoms with Crippen LogP contribution in [-0.2, 0) is 4.74 Å². The summed E-state index contributed by atoms with van der Waals surface area (Å²) in [6.45, 7) is 7.48. The molecule has 2 nitrogen and oxygen atoms in total. The Hall–Kier alpha value is 0.270. The van der Waals surface area contributed by atoms with Crippen molar-refractivity contribution in [3.63, 3.8) is 0 Å². The van der Waals surface area contributed by atoms with E-state index in [0.29, 0.717) is 18.0 Å². The zero-order valence-corrected chi connectivity index (χ0v) is 10.3. The highest BCUT2D eigenvalue weighted by atomic mass is 32.2. The first-order chi connectivity index (χ1) is 6.11. The van der Waals surface area contributed by atoms with Gasteiger partial charge in [0.1, 0.15) is 0 Å². The molecule has 0 aliphatic heterocycles. The molecule has 0 aromatic rings. The smallest absolute Gasteiger partial charge is 0.0618 e. The number of hydrogen-bond donors (Lipinski definition) is 1. The van der Waals surface area contributed by atoms with Gasteiger partial charge in [-0.1, -0.05) is 13.8 Å². The normalized spacial score (nSPS) is 16.2. The van der Waals surface area contributed by atoms with E-state index in [1.807, 2.05) is 11.8 Å². The number of hydrogen-bond acceptors (Lipinski definition) is 3. The van der Waals surface area contributed by atoms with Gasteiger partial charge >= 0.3 is 0 Å². The molecule has 0 bridgehead atoms. The minimum absolute atomic E-state index is 0.479. The number of methoxy groups -OCH3 is 1. The standard InChI is InChI=1S/C10H23NOS/c1-8(2)10(6-12-4)11-9(3)7-13-5/h8-11H,6-7H2,1-5H3. The van der Waals surface area contributed by atoms with Crippen molar-refractivity contribution in [3.05, 3.63) is 0 Å². The lowest BCUT2D eigenvalue weighted by Gasteiger charge is -2.25. The van der Waals surface area contributed by atoms with E-state index in [4.69, 9.17) is 4.74 Å². The fourth-order valence-corrected chi connectivity index (χ4v) is 1.87. The summed E-state index contributed by atoms with van der Waals surface area (Å²) < 4.78 is 5.17. The molecule has 0 saturated heterocycles. The van der Waals surface area contributed by atoms with Crippen molar-refractivity contribution in [1.29, 1.82) is 0 Å². The van der Waals surface area contributed by atoms with Crippen LogP contribution in [0.25, 0.3) is 0 Å². The van der Waals surface area contributed by atoms with Crippen molar-refractivity contribution in [2.45, 2.75) is 32.9 Å². The van der Waals surface area contributed by atoms with Crippen molar-refractivity contribution in [3.8, 4) is 0 Å². The van der Waals surface area contributed by atoms with Gasteiger partial charge in [-0.05, 0) is 19.1 Å². The molecule has 0 aliphatic carbocycles. The Morgan fingerprint density at radius 2 is 1.92 bits per heavy atom. The van der Waals surface area contributed by atoms with Gasteiger partial charge in [-0.25, -0.2) is 0 Å². The highest BCUT2D eigenvalue weighted by Gasteiger charge is 2.14. The molecular weight excluding hydrogens is 182 g/mol. The summed E-state index contributed by atoms with van der Waals surface area (Å²) in [5.74, 6) is 1.79. The van der Waals surface area contributed by atoms with Crippen LogP contribution < -0.4 is 5.32 Å². The lowest BCUT2D eigenvalue weighted by molar-refractivity contribution is 0.143. The summed E-state index contributed by atoms with van der Waals surface area (Å²) in [6.07, 6.45) is 2.14. The summed E-state index contributed by atoms with van der Waals surface area (Å²) in [5.41, 5.74) is 0. The molecule has 0 heterocycles. The summed E-state index contributed by atoms with van der Waals surface area (Å²) >= 11 is 1.88. The van der Waals surface area contributed by atoms with Gasteiger partial charge < -0.3 is 10.1 Å². The van der Waals surface area contributed by atoms with Crippen molar-refractivity contribution in [2.75, 3.05) is 25.7 Å². The van der Waals surface area contributed by atoms with Gasteiger partial charge in [-0.2, -0.15) is 11.8 Å². The molecule has 0 aliphatic rings. The van der Waals surface area contributed by atoms with Crippen molar-refractivity contribution < 1.29 is 4.74 Å². The van der Waals surface area contributed by atoms with E-state index in [1.54, 1.807) is 7.11 Å². The molecule has 2 atom stereocenters. The van der Waals surface area contributed by atoms with Crippen LogP contribution in [0.2, 0.25) is 0 Å². The Labute approximate surface area is 86.8 Å². The Bertz CT molecular complexity index is 119. The topological polar surface area (TPSA) is 21.3 Å². The monoisotopic (exact) mass is 205 g/mol. The summed E-state index contributed by atoms with van der Waals surface area (Å²) in [7, 11) is 1.76. The van der Waals surface area contributed by atoms with Crippen LogP contribution in [0.5, 0.6) is 0 Å². The molecule has 0 saturated carbocycles. The number of nitrogens with one attached hydrogen (secondary N) is 1. The maximum absolute atomic E-state index is 5.17. The molecule has 3 heteroatoms. The molecule has 0 fully saturated rings. The summed E-state index contributed by atoms with van der Waals surface area (Å²) in [5, 5.41) is 3.57. The van der Waals surface area contributed by atoms with Crippen molar-refractivity contribution in [2.24, 2.45) is 5.92 Å². The van der Waals surface area contributed by atoms with E-state index in [-0.39, 0.29) is 0 Å². The Morgan fingerprint density at radius 1 is 1.31 bits per heavy atom. The molecule has 0 aromatic heterocycles. The van der Waals surface area contributed by atoms with Gasteiger partial charge in [0.25, 0.3) is 0 Å². The molecule has 0 aromatic carbocycles. The van der Waals surface area contributed by atoms with Gasteiger partial charge in [0.2, 0.25) is 0 Å². The van der Waals surface area contributed by atoms with E-state index in [1.165, 1.54) is 0 Å². The predicted octanol–water partition coefficient (Wildman–Crippen LogP) is 2.00. The quantitative estimate of drug-likeness (QED) is 0.687. The van der Waals surface area contributed by atoms with Gasteiger partial charge in [0.05, 0.1) is 6.61 Å². The fourth-order valence-electron chi connectivity index (χ4n) is 1.28. The molecule has 0 spiro atoms. The van der Waals surface area contributed by atoms with Crippen LogP contribution >= 0.6 is 11.8 Å². The van der Waals surface area contributed by atoms with E-state index < -0.39 is 0 Å².